The van der Waals surface area contributed by atoms with Gasteiger partial charge in [-0.1, -0.05) is 23.7 Å². The van der Waals surface area contributed by atoms with Crippen LogP contribution in [0.25, 0.3) is 0 Å². The fourth-order valence-electron chi connectivity index (χ4n) is 1.93. The molecule has 1 unspecified atom stereocenters. The average Bonchev–Trinajstić information content (AvgIpc) is 2.49. The van der Waals surface area contributed by atoms with Crippen LogP contribution in [-0.4, -0.2) is 33.7 Å². The summed E-state index contributed by atoms with van der Waals surface area (Å²) in [5, 5.41) is 0.637. The highest BCUT2D eigenvalue weighted by molar-refractivity contribution is 6.30. The van der Waals surface area contributed by atoms with Crippen molar-refractivity contribution in [3.8, 4) is 0 Å². The van der Waals surface area contributed by atoms with E-state index in [9.17, 15) is 4.79 Å². The van der Waals surface area contributed by atoms with E-state index in [0.29, 0.717) is 10.7 Å². The van der Waals surface area contributed by atoms with Crippen LogP contribution in [0, 0.1) is 0 Å². The fraction of sp³-hybridized carbons (Fsp3) is 0.214. The molecule has 0 saturated carbocycles. The van der Waals surface area contributed by atoms with Crippen LogP contribution in [0.1, 0.15) is 17.3 Å². The third kappa shape index (κ3) is 3.26. The summed E-state index contributed by atoms with van der Waals surface area (Å²) in [5.41, 5.74) is 1.58. The van der Waals surface area contributed by atoms with Crippen molar-refractivity contribution in [1.82, 2.24) is 14.9 Å². The number of aromatic nitrogens is 2. The Morgan fingerprint density at radius 2 is 2.00 bits per heavy atom. The molecule has 0 N–H and O–H groups in total. The summed E-state index contributed by atoms with van der Waals surface area (Å²) in [6.07, 6.45) is 4.82. The number of rotatable bonds is 4. The summed E-state index contributed by atoms with van der Waals surface area (Å²) in [5.74, 6) is -0.266. The second kappa shape index (κ2) is 6.68. The maximum Gasteiger partial charge on any atom is 0.238 e. The van der Waals surface area contributed by atoms with Crippen molar-refractivity contribution in [2.75, 3.05) is 12.9 Å². The van der Waals surface area contributed by atoms with E-state index in [1.165, 1.54) is 0 Å². The molecule has 0 saturated heterocycles. The lowest BCUT2D eigenvalue weighted by Crippen LogP contribution is -2.33. The molecule has 0 spiro atoms. The smallest absolute Gasteiger partial charge is 0.238 e. The van der Waals surface area contributed by atoms with Crippen molar-refractivity contribution in [2.45, 2.75) is 6.04 Å². The first-order valence-electron chi connectivity index (χ1n) is 5.96. The lowest BCUT2D eigenvalue weighted by Gasteiger charge is -2.27. The largest absolute Gasteiger partial charge is 0.332 e. The third-order valence-corrected chi connectivity index (χ3v) is 3.42. The minimum absolute atomic E-state index is 0.0825. The number of amides is 1. The Balaban J connectivity index is 2.44. The molecule has 1 amide bonds. The summed E-state index contributed by atoms with van der Waals surface area (Å²) in [4.78, 5) is 21.8. The molecule has 1 heterocycles. The average molecular weight is 310 g/mol. The van der Waals surface area contributed by atoms with Gasteiger partial charge < -0.3 is 4.90 Å². The van der Waals surface area contributed by atoms with Crippen LogP contribution < -0.4 is 0 Å². The number of hydrogen-bond acceptors (Lipinski definition) is 3. The molecule has 1 aromatic heterocycles. The molecule has 4 nitrogen and oxygen atoms in total. The highest BCUT2D eigenvalue weighted by Crippen LogP contribution is 2.27. The predicted molar refractivity (Wildman–Crippen MR) is 78.8 cm³/mol. The summed E-state index contributed by atoms with van der Waals surface area (Å²) in [6.45, 7) is 0. The van der Waals surface area contributed by atoms with Crippen LogP contribution in [-0.2, 0) is 4.79 Å². The zero-order chi connectivity index (χ0) is 14.5. The minimum Gasteiger partial charge on any atom is -0.332 e. The van der Waals surface area contributed by atoms with E-state index < -0.39 is 0 Å². The SMILES string of the molecule is CN(C(=O)CCl)C(c1ccc(Cl)cc1)c1cnccn1. The van der Waals surface area contributed by atoms with Gasteiger partial charge in [-0.05, 0) is 17.7 Å². The molecule has 6 heteroatoms. The van der Waals surface area contributed by atoms with Gasteiger partial charge in [0.25, 0.3) is 0 Å². The summed E-state index contributed by atoms with van der Waals surface area (Å²) in [6, 6.07) is 6.94. The van der Waals surface area contributed by atoms with E-state index in [1.54, 1.807) is 42.7 Å². The summed E-state index contributed by atoms with van der Waals surface area (Å²) >= 11 is 11.5. The number of nitrogens with zero attached hydrogens (tertiary/aromatic N) is 3. The van der Waals surface area contributed by atoms with Gasteiger partial charge in [-0.25, -0.2) is 0 Å². The summed E-state index contributed by atoms with van der Waals surface area (Å²) < 4.78 is 0. The molecule has 0 fully saturated rings. The molecular weight excluding hydrogens is 297 g/mol. The molecule has 1 aromatic carbocycles. The lowest BCUT2D eigenvalue weighted by atomic mass is 10.0. The van der Waals surface area contributed by atoms with Crippen LogP contribution in [0.4, 0.5) is 0 Å². The maximum atomic E-state index is 11.9. The Kier molecular flexibility index (Phi) is 4.93. The lowest BCUT2D eigenvalue weighted by molar-refractivity contribution is -0.128. The van der Waals surface area contributed by atoms with E-state index in [0.717, 1.165) is 5.56 Å². The quantitative estimate of drug-likeness (QED) is 0.816. The number of carbonyl (C=O) groups excluding carboxylic acids is 1. The third-order valence-electron chi connectivity index (χ3n) is 2.94. The Morgan fingerprint density at radius 3 is 2.55 bits per heavy atom. The van der Waals surface area contributed by atoms with Gasteiger partial charge >= 0.3 is 0 Å². The Morgan fingerprint density at radius 1 is 1.30 bits per heavy atom. The van der Waals surface area contributed by atoms with Gasteiger partial charge in [-0.3, -0.25) is 14.8 Å². The van der Waals surface area contributed by atoms with Crippen molar-refractivity contribution in [3.05, 3.63) is 59.1 Å². The molecule has 2 rings (SSSR count). The normalized spacial score (nSPS) is 11.9. The molecule has 0 aliphatic rings. The first kappa shape index (κ1) is 14.8. The van der Waals surface area contributed by atoms with E-state index in [2.05, 4.69) is 9.97 Å². The Hall–Kier alpha value is -1.65. The van der Waals surface area contributed by atoms with E-state index in [1.807, 2.05) is 12.1 Å². The number of benzene rings is 1. The summed E-state index contributed by atoms with van der Waals surface area (Å²) in [7, 11) is 1.69. The van der Waals surface area contributed by atoms with Crippen molar-refractivity contribution in [2.24, 2.45) is 0 Å². The molecule has 20 heavy (non-hydrogen) atoms. The molecular formula is C14H13Cl2N3O. The monoisotopic (exact) mass is 309 g/mol. The van der Waals surface area contributed by atoms with E-state index in [-0.39, 0.29) is 17.8 Å². The number of carbonyl (C=O) groups is 1. The highest BCUT2D eigenvalue weighted by Gasteiger charge is 2.24. The van der Waals surface area contributed by atoms with Gasteiger partial charge in [-0.2, -0.15) is 0 Å². The molecule has 0 aliphatic heterocycles. The van der Waals surface area contributed by atoms with Gasteiger partial charge in [0.05, 0.1) is 11.9 Å². The predicted octanol–water partition coefficient (Wildman–Crippen LogP) is 2.92. The zero-order valence-corrected chi connectivity index (χ0v) is 12.3. The van der Waals surface area contributed by atoms with Crippen LogP contribution in [0.2, 0.25) is 5.02 Å². The highest BCUT2D eigenvalue weighted by atomic mass is 35.5. The van der Waals surface area contributed by atoms with E-state index in [4.69, 9.17) is 23.2 Å². The van der Waals surface area contributed by atoms with Crippen molar-refractivity contribution in [1.29, 1.82) is 0 Å². The van der Waals surface area contributed by atoms with Gasteiger partial charge in [0, 0.05) is 24.5 Å². The molecule has 0 aliphatic carbocycles. The van der Waals surface area contributed by atoms with Gasteiger partial charge in [0.2, 0.25) is 5.91 Å². The van der Waals surface area contributed by atoms with Gasteiger partial charge in [0.1, 0.15) is 11.9 Å². The molecule has 104 valence electrons. The van der Waals surface area contributed by atoms with Crippen LogP contribution >= 0.6 is 23.2 Å². The zero-order valence-electron chi connectivity index (χ0n) is 10.8. The minimum atomic E-state index is -0.341. The second-order valence-corrected chi connectivity index (χ2v) is 4.93. The Bertz CT molecular complexity index is 575. The van der Waals surface area contributed by atoms with Crippen LogP contribution in [0.15, 0.2) is 42.9 Å². The fourth-order valence-corrected chi connectivity index (χ4v) is 2.24. The molecule has 0 bridgehead atoms. The first-order chi connectivity index (χ1) is 9.63. The Labute approximate surface area is 127 Å². The molecule has 0 radical (unpaired) electrons. The number of halogens is 2. The van der Waals surface area contributed by atoms with Crippen molar-refractivity contribution in [3.63, 3.8) is 0 Å². The van der Waals surface area contributed by atoms with Crippen molar-refractivity contribution < 1.29 is 4.79 Å². The second-order valence-electron chi connectivity index (χ2n) is 4.22. The number of alkyl halides is 1. The standard InChI is InChI=1S/C14H13Cl2N3O/c1-19(13(20)8-15)14(12-9-17-6-7-18-12)10-2-4-11(16)5-3-10/h2-7,9,14H,8H2,1H3. The van der Waals surface area contributed by atoms with Gasteiger partial charge in [-0.15, -0.1) is 11.6 Å². The maximum absolute atomic E-state index is 11.9. The molecule has 2 aromatic rings. The van der Waals surface area contributed by atoms with Gasteiger partial charge in [0.15, 0.2) is 0 Å². The topological polar surface area (TPSA) is 46.1 Å². The van der Waals surface area contributed by atoms with E-state index >= 15 is 0 Å². The first-order valence-corrected chi connectivity index (χ1v) is 6.87. The van der Waals surface area contributed by atoms with Crippen LogP contribution in [0.5, 0.6) is 0 Å². The molecule has 1 atom stereocenters. The van der Waals surface area contributed by atoms with Crippen LogP contribution in [0.3, 0.4) is 0 Å². The number of hydrogen-bond donors (Lipinski definition) is 0. The van der Waals surface area contributed by atoms with Crippen molar-refractivity contribution >= 4 is 29.1 Å².